The van der Waals surface area contributed by atoms with Gasteiger partial charge in [-0.3, -0.25) is 9.52 Å². The lowest BCUT2D eigenvalue weighted by Crippen LogP contribution is -2.32. The molecule has 2 N–H and O–H groups in total. The molecule has 0 saturated carbocycles. The zero-order valence-corrected chi connectivity index (χ0v) is 12.2. The normalized spacial score (nSPS) is 12.3. The van der Waals surface area contributed by atoms with Crippen LogP contribution in [0, 0.1) is 0 Å². The number of carboxylic acids is 1. The molecule has 21 heavy (non-hydrogen) atoms. The number of carbonyl (C=O) groups is 2. The average Bonchev–Trinajstić information content (AvgIpc) is 2.44. The summed E-state index contributed by atoms with van der Waals surface area (Å²) in [5.41, 5.74) is 0.188. The van der Waals surface area contributed by atoms with E-state index in [2.05, 4.69) is 9.46 Å². The number of carboxylic acid groups (broad SMARTS) is 1. The molecule has 0 heterocycles. The number of hydrogen-bond acceptors (Lipinski definition) is 6. The Morgan fingerprint density at radius 1 is 1.29 bits per heavy atom. The van der Waals surface area contributed by atoms with Crippen LogP contribution in [0.5, 0.6) is 5.75 Å². The van der Waals surface area contributed by atoms with E-state index < -0.39 is 27.2 Å². The molecule has 116 valence electrons. The predicted molar refractivity (Wildman–Crippen MR) is 73.6 cm³/mol. The van der Waals surface area contributed by atoms with Gasteiger partial charge in [-0.1, -0.05) is 0 Å². The first kappa shape index (κ1) is 16.8. The maximum Gasteiger partial charge on any atom is 0.343 e. The molecule has 0 aromatic heterocycles. The van der Waals surface area contributed by atoms with E-state index in [9.17, 15) is 18.0 Å². The van der Waals surface area contributed by atoms with Crippen LogP contribution in [0.4, 0.5) is 5.69 Å². The lowest BCUT2D eigenvalue weighted by atomic mass is 10.3. The molecule has 0 amide bonds. The van der Waals surface area contributed by atoms with Gasteiger partial charge in [-0.25, -0.2) is 13.2 Å². The lowest BCUT2D eigenvalue weighted by Gasteiger charge is -2.11. The van der Waals surface area contributed by atoms with Crippen LogP contribution >= 0.6 is 0 Å². The zero-order chi connectivity index (χ0) is 16.0. The summed E-state index contributed by atoms with van der Waals surface area (Å²) in [6.45, 7) is 0.802. The Morgan fingerprint density at radius 3 is 2.33 bits per heavy atom. The van der Waals surface area contributed by atoms with Crippen molar-refractivity contribution in [3.8, 4) is 5.75 Å². The molecule has 9 heteroatoms. The minimum absolute atomic E-state index is 0.188. The third-order valence-corrected chi connectivity index (χ3v) is 4.16. The summed E-state index contributed by atoms with van der Waals surface area (Å²) in [5, 5.41) is 7.13. The smallest absolute Gasteiger partial charge is 0.343 e. The van der Waals surface area contributed by atoms with E-state index in [1.807, 2.05) is 0 Å². The van der Waals surface area contributed by atoms with Crippen LogP contribution in [-0.4, -0.2) is 44.4 Å². The van der Waals surface area contributed by atoms with E-state index in [0.29, 0.717) is 5.75 Å². The molecule has 0 saturated heterocycles. The van der Waals surface area contributed by atoms with E-state index in [-0.39, 0.29) is 12.3 Å². The highest BCUT2D eigenvalue weighted by atomic mass is 32.2. The van der Waals surface area contributed by atoms with Gasteiger partial charge in [0, 0.05) is 5.69 Å². The summed E-state index contributed by atoms with van der Waals surface area (Å²) in [7, 11) is -2.79. The Morgan fingerprint density at radius 2 is 1.86 bits per heavy atom. The molecule has 0 fully saturated rings. The van der Waals surface area contributed by atoms with Crippen molar-refractivity contribution in [2.24, 2.45) is 0 Å². The number of carbonyl (C=O) groups excluding carboxylic acids is 1. The summed E-state index contributed by atoms with van der Waals surface area (Å²) in [6.07, 6.45) is 0. The highest BCUT2D eigenvalue weighted by molar-refractivity contribution is 7.94. The van der Waals surface area contributed by atoms with E-state index in [0.717, 1.165) is 6.92 Å². The third-order valence-electron chi connectivity index (χ3n) is 2.51. The summed E-state index contributed by atoms with van der Waals surface area (Å²) in [5.74, 6) is -1.65. The number of aliphatic carboxylic acids is 1. The van der Waals surface area contributed by atoms with Crippen LogP contribution in [0.3, 0.4) is 0 Å². The molecule has 1 aromatic carbocycles. The van der Waals surface area contributed by atoms with Crippen molar-refractivity contribution >= 4 is 27.6 Å². The van der Waals surface area contributed by atoms with Crippen molar-refractivity contribution in [3.63, 3.8) is 0 Å². The Kier molecular flexibility index (Phi) is 5.53. The number of benzene rings is 1. The summed E-state index contributed by atoms with van der Waals surface area (Å²) >= 11 is 0. The number of methoxy groups -OCH3 is 1. The summed E-state index contributed by atoms with van der Waals surface area (Å²) < 4.78 is 35.0. The molecule has 0 spiro atoms. The summed E-state index contributed by atoms with van der Waals surface area (Å²) in [6, 6.07) is 5.65. The molecule has 0 aliphatic rings. The molecule has 1 aromatic rings. The number of sulfonamides is 1. The predicted octanol–water partition coefficient (Wildman–Crippen LogP) is 0.453. The highest BCUT2D eigenvalue weighted by Gasteiger charge is 2.27. The van der Waals surface area contributed by atoms with Crippen molar-refractivity contribution in [1.82, 2.24) is 0 Å². The third kappa shape index (κ3) is 4.95. The Balaban J connectivity index is 2.71. The highest BCUT2D eigenvalue weighted by Crippen LogP contribution is 2.18. The van der Waals surface area contributed by atoms with Crippen LogP contribution < -0.4 is 9.46 Å². The SMILES string of the molecule is COC(=O)COc1ccc(NS(=O)(=O)C(C)C(=O)O)cc1. The Hall–Kier alpha value is -2.29. The second kappa shape index (κ2) is 6.93. The van der Waals surface area contributed by atoms with Gasteiger partial charge in [0.05, 0.1) is 7.11 Å². The Labute approximate surface area is 121 Å². The second-order valence-corrected chi connectivity index (χ2v) is 6.02. The van der Waals surface area contributed by atoms with Crippen LogP contribution in [0.25, 0.3) is 0 Å². The van der Waals surface area contributed by atoms with E-state index >= 15 is 0 Å². The van der Waals surface area contributed by atoms with Gasteiger partial charge in [0.1, 0.15) is 5.75 Å². The molecule has 1 atom stereocenters. The molecule has 0 bridgehead atoms. The Bertz CT molecular complexity index is 609. The van der Waals surface area contributed by atoms with Gasteiger partial charge in [-0.05, 0) is 31.2 Å². The van der Waals surface area contributed by atoms with Gasteiger partial charge < -0.3 is 14.6 Å². The van der Waals surface area contributed by atoms with Crippen molar-refractivity contribution < 1.29 is 32.6 Å². The standard InChI is InChI=1S/C12H15NO7S/c1-8(12(15)16)21(17,18)13-9-3-5-10(6-4-9)20-7-11(14)19-2/h3-6,8,13H,7H2,1-2H3,(H,15,16). The van der Waals surface area contributed by atoms with E-state index in [1.54, 1.807) is 0 Å². The average molecular weight is 317 g/mol. The number of rotatable bonds is 7. The van der Waals surface area contributed by atoms with Gasteiger partial charge in [-0.2, -0.15) is 0 Å². The number of anilines is 1. The fourth-order valence-electron chi connectivity index (χ4n) is 1.21. The summed E-state index contributed by atoms with van der Waals surface area (Å²) in [4.78, 5) is 21.6. The fourth-order valence-corrected chi connectivity index (χ4v) is 2.11. The quantitative estimate of drug-likeness (QED) is 0.701. The molecular weight excluding hydrogens is 302 g/mol. The number of esters is 1. The van der Waals surface area contributed by atoms with Gasteiger partial charge in [0.25, 0.3) is 0 Å². The molecule has 8 nitrogen and oxygen atoms in total. The van der Waals surface area contributed by atoms with Gasteiger partial charge in [0.15, 0.2) is 11.9 Å². The largest absolute Gasteiger partial charge is 0.482 e. The fraction of sp³-hybridized carbons (Fsp3) is 0.333. The maximum absolute atomic E-state index is 11.7. The van der Waals surface area contributed by atoms with Crippen LogP contribution in [0.1, 0.15) is 6.92 Å². The molecule has 0 aliphatic carbocycles. The lowest BCUT2D eigenvalue weighted by molar-refractivity contribution is -0.143. The van der Waals surface area contributed by atoms with E-state index in [1.165, 1.54) is 31.4 Å². The van der Waals surface area contributed by atoms with Crippen molar-refractivity contribution in [1.29, 1.82) is 0 Å². The zero-order valence-electron chi connectivity index (χ0n) is 11.4. The van der Waals surface area contributed by atoms with Crippen LogP contribution in [-0.2, 0) is 24.3 Å². The number of nitrogens with one attached hydrogen (secondary N) is 1. The minimum Gasteiger partial charge on any atom is -0.482 e. The molecule has 0 radical (unpaired) electrons. The van der Waals surface area contributed by atoms with Gasteiger partial charge in [-0.15, -0.1) is 0 Å². The molecule has 0 aliphatic heterocycles. The first-order chi connectivity index (χ1) is 9.76. The number of ether oxygens (including phenoxy) is 2. The van der Waals surface area contributed by atoms with Gasteiger partial charge in [0.2, 0.25) is 10.0 Å². The molecule has 1 unspecified atom stereocenters. The minimum atomic E-state index is -4.02. The molecular formula is C12H15NO7S. The van der Waals surface area contributed by atoms with Crippen molar-refractivity contribution in [3.05, 3.63) is 24.3 Å². The topological polar surface area (TPSA) is 119 Å². The van der Waals surface area contributed by atoms with E-state index in [4.69, 9.17) is 9.84 Å². The van der Waals surface area contributed by atoms with Crippen LogP contribution in [0.15, 0.2) is 24.3 Å². The van der Waals surface area contributed by atoms with Crippen molar-refractivity contribution in [2.45, 2.75) is 12.2 Å². The monoisotopic (exact) mass is 317 g/mol. The van der Waals surface area contributed by atoms with Crippen molar-refractivity contribution in [2.75, 3.05) is 18.4 Å². The van der Waals surface area contributed by atoms with Gasteiger partial charge >= 0.3 is 11.9 Å². The first-order valence-corrected chi connectivity index (χ1v) is 7.35. The number of hydrogen-bond donors (Lipinski definition) is 2. The molecule has 1 rings (SSSR count). The second-order valence-electron chi connectivity index (χ2n) is 4.02. The van der Waals surface area contributed by atoms with Crippen LogP contribution in [0.2, 0.25) is 0 Å². The first-order valence-electron chi connectivity index (χ1n) is 5.80. The maximum atomic E-state index is 11.7.